The van der Waals surface area contributed by atoms with Crippen LogP contribution in [-0.2, 0) is 0 Å². The van der Waals surface area contributed by atoms with Crippen LogP contribution in [0.3, 0.4) is 0 Å². The molecule has 114 valence electrons. The zero-order chi connectivity index (χ0) is 15.7. The molecule has 0 saturated heterocycles. The van der Waals surface area contributed by atoms with Gasteiger partial charge in [0.1, 0.15) is 12.2 Å². The maximum absolute atomic E-state index is 2.89. The highest BCUT2D eigenvalue weighted by atomic mass is 15.4. The van der Waals surface area contributed by atoms with E-state index in [4.69, 9.17) is 0 Å². The molecule has 2 aliphatic heterocycles. The van der Waals surface area contributed by atoms with Gasteiger partial charge in [0.15, 0.2) is 0 Å². The van der Waals surface area contributed by atoms with Crippen LogP contribution in [0.25, 0.3) is 0 Å². The molecular weight excluding hydrogens is 260 g/mol. The summed E-state index contributed by atoms with van der Waals surface area (Å²) >= 11 is 0. The van der Waals surface area contributed by atoms with E-state index in [-0.39, 0.29) is 0 Å². The summed E-state index contributed by atoms with van der Waals surface area (Å²) in [5.41, 5.74) is 0. The quantitative estimate of drug-likeness (QED) is 0.634. The van der Waals surface area contributed by atoms with Crippen molar-refractivity contribution in [3.63, 3.8) is 0 Å². The average Bonchev–Trinajstić information content (AvgIpc) is 3.02. The van der Waals surface area contributed by atoms with Crippen LogP contribution < -0.4 is 0 Å². The molecule has 0 N–H and O–H groups in total. The van der Waals surface area contributed by atoms with E-state index in [1.807, 2.05) is 30.4 Å². The predicted molar refractivity (Wildman–Crippen MR) is 89.8 cm³/mol. The smallest absolute Gasteiger partial charge is 0.103 e. The zero-order valence-corrected chi connectivity index (χ0v) is 13.8. The average molecular weight is 287 g/mol. The molecule has 0 aromatic carbocycles. The second-order valence-corrected chi connectivity index (χ2v) is 5.29. The SMILES string of the molecule is CC1N(C)C=CN1C.CN1C=CN(C)C1.[C+]1=CC=CC=C1. The molecule has 0 radical (unpaired) electrons. The lowest BCUT2D eigenvalue weighted by atomic mass is 10.3. The summed E-state index contributed by atoms with van der Waals surface area (Å²) in [6.45, 7) is 3.19. The Morgan fingerprint density at radius 1 is 0.810 bits per heavy atom. The molecule has 3 aliphatic rings. The van der Waals surface area contributed by atoms with Crippen molar-refractivity contribution in [3.8, 4) is 0 Å². The number of allylic oxidation sites excluding steroid dienone is 6. The third-order valence-corrected chi connectivity index (χ3v) is 3.34. The van der Waals surface area contributed by atoms with Gasteiger partial charge in [0, 0.05) is 77.3 Å². The number of nitrogens with zero attached hydrogens (tertiary/aromatic N) is 4. The van der Waals surface area contributed by atoms with E-state index in [2.05, 4.69) is 85.6 Å². The van der Waals surface area contributed by atoms with Crippen LogP contribution in [0.1, 0.15) is 6.92 Å². The lowest BCUT2D eigenvalue weighted by Gasteiger charge is -2.22. The van der Waals surface area contributed by atoms with E-state index in [9.17, 15) is 0 Å². The summed E-state index contributed by atoms with van der Waals surface area (Å²) in [6, 6.07) is 0. The normalized spacial score (nSPS) is 18.5. The molecule has 2 heterocycles. The van der Waals surface area contributed by atoms with E-state index >= 15 is 0 Å². The van der Waals surface area contributed by atoms with Gasteiger partial charge in [-0.2, -0.15) is 0 Å². The fraction of sp³-hybridized carbons (Fsp3) is 0.412. The van der Waals surface area contributed by atoms with Crippen LogP contribution in [0.5, 0.6) is 0 Å². The largest absolute Gasteiger partial charge is 0.362 e. The number of hydrogen-bond acceptors (Lipinski definition) is 4. The molecule has 1 aliphatic carbocycles. The predicted octanol–water partition coefficient (Wildman–Crippen LogP) is 2.44. The fourth-order valence-electron chi connectivity index (χ4n) is 1.76. The first kappa shape index (κ1) is 16.9. The second kappa shape index (κ2) is 8.88. The Morgan fingerprint density at radius 2 is 1.38 bits per heavy atom. The van der Waals surface area contributed by atoms with Gasteiger partial charge in [-0.3, -0.25) is 0 Å². The maximum Gasteiger partial charge on any atom is 0.103 e. The highest BCUT2D eigenvalue weighted by Crippen LogP contribution is 2.08. The van der Waals surface area contributed by atoms with E-state index in [0.717, 1.165) is 6.67 Å². The van der Waals surface area contributed by atoms with Crippen LogP contribution >= 0.6 is 0 Å². The Balaban J connectivity index is 0.000000159. The molecule has 0 spiro atoms. The molecule has 0 unspecified atom stereocenters. The molecular formula is C17H27N4+. The van der Waals surface area contributed by atoms with E-state index in [1.54, 1.807) is 0 Å². The molecule has 3 rings (SSSR count). The molecule has 0 amide bonds. The van der Waals surface area contributed by atoms with Gasteiger partial charge in [0.25, 0.3) is 0 Å². The van der Waals surface area contributed by atoms with Crippen molar-refractivity contribution in [2.45, 2.75) is 13.1 Å². The standard InChI is InChI=1S/C6H12N2.C6H5.C5H10N2/c1-6-7(2)4-5-8(6)3;1-2-4-6-5-3-1;1-6-3-4-7(2)5-6/h4-6H,1-3H3;1-5H;3-4H,5H2,1-2H3/q;+1;. The van der Waals surface area contributed by atoms with Gasteiger partial charge in [-0.25, -0.2) is 0 Å². The Kier molecular flexibility index (Phi) is 7.13. The molecule has 0 bridgehead atoms. The fourth-order valence-corrected chi connectivity index (χ4v) is 1.76. The topological polar surface area (TPSA) is 13.0 Å². The lowest BCUT2D eigenvalue weighted by Crippen LogP contribution is -2.30. The maximum atomic E-state index is 2.89. The summed E-state index contributed by atoms with van der Waals surface area (Å²) in [7, 11) is 8.26. The molecule has 0 fully saturated rings. The van der Waals surface area contributed by atoms with Crippen molar-refractivity contribution in [1.82, 2.24) is 19.6 Å². The number of rotatable bonds is 0. The van der Waals surface area contributed by atoms with Crippen molar-refractivity contribution in [1.29, 1.82) is 0 Å². The van der Waals surface area contributed by atoms with Gasteiger partial charge >= 0.3 is 0 Å². The third kappa shape index (κ3) is 6.68. The molecule has 4 heteroatoms. The first-order valence-electron chi connectivity index (χ1n) is 7.13. The van der Waals surface area contributed by atoms with Gasteiger partial charge in [-0.05, 0) is 6.92 Å². The summed E-state index contributed by atoms with van der Waals surface area (Å²) in [5, 5.41) is 0. The first-order chi connectivity index (χ1) is 10.0. The summed E-state index contributed by atoms with van der Waals surface area (Å²) in [5.74, 6) is 0. The first-order valence-corrected chi connectivity index (χ1v) is 7.13. The zero-order valence-electron chi connectivity index (χ0n) is 13.8. The monoisotopic (exact) mass is 287 g/mol. The summed E-state index contributed by atoms with van der Waals surface area (Å²) < 4.78 is 0. The third-order valence-electron chi connectivity index (χ3n) is 3.34. The lowest BCUT2D eigenvalue weighted by molar-refractivity contribution is 0.226. The van der Waals surface area contributed by atoms with Crippen molar-refractivity contribution < 1.29 is 0 Å². The van der Waals surface area contributed by atoms with Crippen molar-refractivity contribution in [2.75, 3.05) is 34.9 Å². The van der Waals surface area contributed by atoms with Crippen molar-refractivity contribution in [2.24, 2.45) is 0 Å². The minimum Gasteiger partial charge on any atom is -0.362 e. The van der Waals surface area contributed by atoms with Gasteiger partial charge < -0.3 is 19.6 Å². The molecule has 0 aromatic heterocycles. The van der Waals surface area contributed by atoms with Crippen LogP contribution in [0, 0.1) is 6.08 Å². The van der Waals surface area contributed by atoms with E-state index in [0.29, 0.717) is 6.17 Å². The summed E-state index contributed by atoms with van der Waals surface area (Å²) in [6.07, 6.45) is 21.3. The Morgan fingerprint density at radius 3 is 1.52 bits per heavy atom. The highest BCUT2D eigenvalue weighted by molar-refractivity contribution is 5.18. The highest BCUT2D eigenvalue weighted by Gasteiger charge is 2.12. The Hall–Kier alpha value is -2.19. The van der Waals surface area contributed by atoms with E-state index < -0.39 is 0 Å². The van der Waals surface area contributed by atoms with Crippen LogP contribution in [0.4, 0.5) is 0 Å². The minimum atomic E-state index is 0.537. The van der Waals surface area contributed by atoms with Gasteiger partial charge in [-0.15, -0.1) is 0 Å². The van der Waals surface area contributed by atoms with Crippen LogP contribution in [0.2, 0.25) is 0 Å². The van der Waals surface area contributed by atoms with Crippen LogP contribution in [0.15, 0.2) is 55.2 Å². The van der Waals surface area contributed by atoms with E-state index in [1.165, 1.54) is 0 Å². The summed E-state index contributed by atoms with van der Waals surface area (Å²) in [4.78, 5) is 8.58. The van der Waals surface area contributed by atoms with Crippen molar-refractivity contribution >= 4 is 0 Å². The Bertz CT molecular complexity index is 376. The molecule has 0 atom stereocenters. The second-order valence-electron chi connectivity index (χ2n) is 5.29. The molecule has 0 aromatic rings. The molecule has 21 heavy (non-hydrogen) atoms. The molecule has 0 saturated carbocycles. The van der Waals surface area contributed by atoms with Crippen molar-refractivity contribution in [3.05, 3.63) is 61.3 Å². The van der Waals surface area contributed by atoms with Crippen LogP contribution in [-0.4, -0.2) is 60.6 Å². The van der Waals surface area contributed by atoms with Gasteiger partial charge in [-0.1, -0.05) is 0 Å². The van der Waals surface area contributed by atoms with Gasteiger partial charge in [0.2, 0.25) is 0 Å². The minimum absolute atomic E-state index is 0.537. The molecule has 4 nitrogen and oxygen atoms in total. The number of hydrogen-bond donors (Lipinski definition) is 0. The Labute approximate surface area is 129 Å². The van der Waals surface area contributed by atoms with Gasteiger partial charge in [0.05, 0.1) is 12.8 Å².